The lowest BCUT2D eigenvalue weighted by atomic mass is 10.2. The first-order valence-electron chi connectivity index (χ1n) is 10.1. The van der Waals surface area contributed by atoms with Gasteiger partial charge in [0.2, 0.25) is 0 Å². The topological polar surface area (TPSA) is 80.2 Å². The molecule has 9 heteroatoms. The summed E-state index contributed by atoms with van der Waals surface area (Å²) < 4.78 is 12.0. The molecule has 0 aromatic heterocycles. The molecule has 7 nitrogen and oxygen atoms in total. The van der Waals surface area contributed by atoms with Crippen molar-refractivity contribution in [1.82, 2.24) is 4.90 Å². The van der Waals surface area contributed by atoms with Gasteiger partial charge in [-0.2, -0.15) is 0 Å². The summed E-state index contributed by atoms with van der Waals surface area (Å²) in [6.07, 6.45) is 1.82. The second kappa shape index (κ2) is 11.4. The first-order valence-corrected chi connectivity index (χ1v) is 12.0. The van der Waals surface area contributed by atoms with E-state index in [-0.39, 0.29) is 18.4 Å². The minimum Gasteiger partial charge on any atom is -0.493 e. The number of ether oxygens (including phenoxy) is 2. The van der Waals surface area contributed by atoms with Crippen LogP contribution in [0.3, 0.4) is 0 Å². The zero-order valence-electron chi connectivity index (χ0n) is 18.1. The van der Waals surface area contributed by atoms with E-state index in [4.69, 9.17) is 9.47 Å². The van der Waals surface area contributed by atoms with Crippen molar-refractivity contribution in [2.75, 3.05) is 32.1 Å². The molecule has 3 rings (SSSR count). The van der Waals surface area contributed by atoms with Gasteiger partial charge in [0, 0.05) is 18.8 Å². The van der Waals surface area contributed by atoms with Crippen molar-refractivity contribution in [2.24, 2.45) is 4.99 Å². The molecule has 32 heavy (non-hydrogen) atoms. The number of para-hydroxylation sites is 1. The monoisotopic (exact) mass is 565 g/mol. The quantitative estimate of drug-likeness (QED) is 0.373. The minimum atomic E-state index is -0.268. The molecule has 0 spiro atoms. The van der Waals surface area contributed by atoms with Gasteiger partial charge < -0.3 is 14.8 Å². The molecule has 1 aliphatic rings. The number of likely N-dealkylation sites (N-methyl/N-ethyl adjacent to an activating group) is 1. The molecule has 1 N–H and O–H groups in total. The van der Waals surface area contributed by atoms with Crippen LogP contribution in [0.25, 0.3) is 6.08 Å². The zero-order chi connectivity index (χ0) is 23.1. The molecular formula is C23H24IN3O4S. The number of nitrogens with zero attached hydrogens (tertiary/aromatic N) is 2. The lowest BCUT2D eigenvalue weighted by Gasteiger charge is -2.14. The van der Waals surface area contributed by atoms with Gasteiger partial charge in [0.1, 0.15) is 0 Å². The molecule has 0 aliphatic carbocycles. The third-order valence-electron chi connectivity index (χ3n) is 4.45. The SMILES string of the molecule is CCN=C1S/C(=C/c2cc(I)c(OCC(=O)Nc3ccccc3)c(OC)c2)C(=O)N1CC. The van der Waals surface area contributed by atoms with Gasteiger partial charge in [-0.3, -0.25) is 19.5 Å². The average Bonchev–Trinajstić information content (AvgIpc) is 3.07. The Hall–Kier alpha value is -2.53. The molecule has 0 saturated carbocycles. The fraction of sp³-hybridized carbons (Fsp3) is 0.261. The first kappa shape index (κ1) is 24.1. The summed E-state index contributed by atoms with van der Waals surface area (Å²) in [6.45, 7) is 4.91. The van der Waals surface area contributed by atoms with Crippen LogP contribution in [0, 0.1) is 3.57 Å². The third-order valence-corrected chi connectivity index (χ3v) is 6.30. The molecule has 0 bridgehead atoms. The predicted molar refractivity (Wildman–Crippen MR) is 137 cm³/mol. The van der Waals surface area contributed by atoms with Crippen LogP contribution >= 0.6 is 34.4 Å². The van der Waals surface area contributed by atoms with Crippen LogP contribution < -0.4 is 14.8 Å². The number of rotatable bonds is 8. The zero-order valence-corrected chi connectivity index (χ0v) is 21.0. The standard InChI is InChI=1S/C23H24IN3O4S/c1-4-25-23-27(5-2)22(29)19(32-23)13-15-11-17(24)21(18(12-15)30-3)31-14-20(28)26-16-9-7-6-8-10-16/h6-13H,4-5,14H2,1-3H3,(H,26,28)/b19-13+,25-23?. The summed E-state index contributed by atoms with van der Waals surface area (Å²) in [4.78, 5) is 31.6. The number of amidine groups is 1. The number of carbonyl (C=O) groups excluding carboxylic acids is 2. The fourth-order valence-electron chi connectivity index (χ4n) is 3.01. The molecule has 0 unspecified atom stereocenters. The summed E-state index contributed by atoms with van der Waals surface area (Å²) in [5, 5.41) is 3.50. The number of halogens is 1. The molecular weight excluding hydrogens is 541 g/mol. The van der Waals surface area contributed by atoms with E-state index >= 15 is 0 Å². The Morgan fingerprint density at radius 1 is 1.25 bits per heavy atom. The average molecular weight is 565 g/mol. The lowest BCUT2D eigenvalue weighted by Crippen LogP contribution is -2.28. The maximum atomic E-state index is 12.7. The maximum absolute atomic E-state index is 12.7. The highest BCUT2D eigenvalue weighted by molar-refractivity contribution is 14.1. The molecule has 2 amide bonds. The van der Waals surface area contributed by atoms with Crippen LogP contribution in [0.15, 0.2) is 52.4 Å². The number of aliphatic imine (C=N–C) groups is 1. The minimum absolute atomic E-state index is 0.0587. The number of benzene rings is 2. The molecule has 1 heterocycles. The van der Waals surface area contributed by atoms with Crippen molar-refractivity contribution in [3.05, 3.63) is 56.5 Å². The van der Waals surface area contributed by atoms with Gasteiger partial charge in [0.15, 0.2) is 23.3 Å². The Bertz CT molecular complexity index is 1060. The maximum Gasteiger partial charge on any atom is 0.266 e. The summed E-state index contributed by atoms with van der Waals surface area (Å²) in [6, 6.07) is 12.9. The number of thioether (sulfide) groups is 1. The van der Waals surface area contributed by atoms with E-state index in [1.807, 2.05) is 56.3 Å². The van der Waals surface area contributed by atoms with Crippen molar-refractivity contribution in [2.45, 2.75) is 13.8 Å². The normalized spacial score (nSPS) is 16.0. The van der Waals surface area contributed by atoms with Crippen molar-refractivity contribution in [3.63, 3.8) is 0 Å². The van der Waals surface area contributed by atoms with Crippen molar-refractivity contribution in [1.29, 1.82) is 0 Å². The fourth-order valence-corrected chi connectivity index (χ4v) is 4.90. The molecule has 1 aliphatic heterocycles. The highest BCUT2D eigenvalue weighted by Crippen LogP contribution is 2.37. The number of nitrogens with one attached hydrogen (secondary N) is 1. The number of hydrogen-bond acceptors (Lipinski definition) is 6. The highest BCUT2D eigenvalue weighted by atomic mass is 127. The van der Waals surface area contributed by atoms with Crippen LogP contribution in [0.1, 0.15) is 19.4 Å². The molecule has 0 atom stereocenters. The first-order chi connectivity index (χ1) is 15.5. The molecule has 1 saturated heterocycles. The summed E-state index contributed by atoms with van der Waals surface area (Å²) in [7, 11) is 1.54. The van der Waals surface area contributed by atoms with Crippen LogP contribution in [0.4, 0.5) is 5.69 Å². The van der Waals surface area contributed by atoms with E-state index in [0.29, 0.717) is 35.2 Å². The Balaban J connectivity index is 1.76. The lowest BCUT2D eigenvalue weighted by molar-refractivity contribution is -0.122. The van der Waals surface area contributed by atoms with Gasteiger partial charge in [-0.15, -0.1) is 0 Å². The van der Waals surface area contributed by atoms with Crippen molar-refractivity contribution >= 4 is 63.1 Å². The van der Waals surface area contributed by atoms with Gasteiger partial charge in [0.25, 0.3) is 11.8 Å². The smallest absolute Gasteiger partial charge is 0.266 e. The van der Waals surface area contributed by atoms with Gasteiger partial charge >= 0.3 is 0 Å². The number of methoxy groups -OCH3 is 1. The second-order valence-electron chi connectivity index (χ2n) is 6.65. The second-order valence-corrected chi connectivity index (χ2v) is 8.83. The van der Waals surface area contributed by atoms with E-state index in [9.17, 15) is 9.59 Å². The molecule has 2 aromatic rings. The van der Waals surface area contributed by atoms with Crippen LogP contribution in [0.2, 0.25) is 0 Å². The van der Waals surface area contributed by atoms with E-state index in [1.54, 1.807) is 18.1 Å². The van der Waals surface area contributed by atoms with Gasteiger partial charge in [-0.05, 0) is 84.1 Å². The summed E-state index contributed by atoms with van der Waals surface area (Å²) in [5.74, 6) is 0.640. The largest absolute Gasteiger partial charge is 0.493 e. The summed E-state index contributed by atoms with van der Waals surface area (Å²) >= 11 is 3.50. The number of anilines is 1. The molecule has 168 valence electrons. The summed E-state index contributed by atoms with van der Waals surface area (Å²) in [5.41, 5.74) is 1.51. The molecule has 2 aromatic carbocycles. The number of amides is 2. The van der Waals surface area contributed by atoms with E-state index < -0.39 is 0 Å². The van der Waals surface area contributed by atoms with Gasteiger partial charge in [-0.25, -0.2) is 0 Å². The third kappa shape index (κ3) is 5.83. The van der Waals surface area contributed by atoms with Crippen molar-refractivity contribution < 1.29 is 19.1 Å². The highest BCUT2D eigenvalue weighted by Gasteiger charge is 2.32. The van der Waals surface area contributed by atoms with E-state index in [2.05, 4.69) is 32.9 Å². The Kier molecular flexibility index (Phi) is 8.57. The van der Waals surface area contributed by atoms with E-state index in [1.165, 1.54) is 11.8 Å². The molecule has 0 radical (unpaired) electrons. The van der Waals surface area contributed by atoms with Gasteiger partial charge in [0.05, 0.1) is 15.6 Å². The molecule has 1 fully saturated rings. The number of carbonyl (C=O) groups is 2. The predicted octanol–water partition coefficient (Wildman–Crippen LogP) is 4.63. The number of hydrogen-bond donors (Lipinski definition) is 1. The van der Waals surface area contributed by atoms with Gasteiger partial charge in [-0.1, -0.05) is 18.2 Å². The Labute approximate surface area is 205 Å². The Morgan fingerprint density at radius 3 is 2.66 bits per heavy atom. The van der Waals surface area contributed by atoms with Crippen LogP contribution in [-0.4, -0.2) is 48.7 Å². The van der Waals surface area contributed by atoms with Crippen molar-refractivity contribution in [3.8, 4) is 11.5 Å². The Morgan fingerprint density at radius 2 is 2.00 bits per heavy atom. The van der Waals surface area contributed by atoms with E-state index in [0.717, 1.165) is 14.3 Å². The van der Waals surface area contributed by atoms with Crippen LogP contribution in [-0.2, 0) is 9.59 Å². The van der Waals surface area contributed by atoms with Crippen LogP contribution in [0.5, 0.6) is 11.5 Å².